The minimum Gasteiger partial charge on any atom is -0.467 e. The van der Waals surface area contributed by atoms with E-state index in [1.54, 1.807) is 6.26 Å². The Morgan fingerprint density at radius 1 is 0.811 bits per heavy atom. The van der Waals surface area contributed by atoms with E-state index in [1.165, 1.54) is 5.56 Å². The summed E-state index contributed by atoms with van der Waals surface area (Å²) in [5.41, 5.74) is 6.83. The van der Waals surface area contributed by atoms with Gasteiger partial charge in [-0.15, -0.1) is 0 Å². The predicted molar refractivity (Wildman–Crippen MR) is 147 cm³/mol. The van der Waals surface area contributed by atoms with E-state index < -0.39 is 0 Å². The minimum absolute atomic E-state index is 0.263. The van der Waals surface area contributed by atoms with Crippen LogP contribution in [0, 0.1) is 13.8 Å². The molecule has 0 fully saturated rings. The first-order chi connectivity index (χ1) is 18.2. The van der Waals surface area contributed by atoms with Gasteiger partial charge in [-0.3, -0.25) is 0 Å². The summed E-state index contributed by atoms with van der Waals surface area (Å²) >= 11 is 0. The SMILES string of the molecule is Cc1ccc(-n2nc(C)c3c2N=C2C(Nc4ccccc4)=Nc4ccccc4N2[C@H]3c2ccco2)cc1. The van der Waals surface area contributed by atoms with Crippen molar-refractivity contribution in [2.24, 2.45) is 9.98 Å². The molecule has 0 saturated carbocycles. The second-order valence-corrected chi connectivity index (χ2v) is 9.23. The van der Waals surface area contributed by atoms with E-state index in [1.807, 2.05) is 72.3 Å². The molecule has 2 aromatic heterocycles. The van der Waals surface area contributed by atoms with Crippen molar-refractivity contribution in [3.8, 4) is 5.69 Å². The third-order valence-electron chi connectivity index (χ3n) is 6.77. The number of fused-ring (bicyclic) bond motifs is 4. The van der Waals surface area contributed by atoms with Crippen molar-refractivity contribution in [3.05, 3.63) is 120 Å². The molecule has 0 aliphatic carbocycles. The van der Waals surface area contributed by atoms with Crippen LogP contribution in [0.5, 0.6) is 0 Å². The molecule has 0 radical (unpaired) electrons. The van der Waals surface area contributed by atoms with Crippen molar-refractivity contribution in [2.45, 2.75) is 19.9 Å². The van der Waals surface area contributed by atoms with Gasteiger partial charge in [0.05, 0.1) is 34.6 Å². The zero-order valence-corrected chi connectivity index (χ0v) is 20.5. The minimum atomic E-state index is -0.263. The molecule has 7 rings (SSSR count). The number of aromatic nitrogens is 2. The molecular formula is C30H24N6O. The van der Waals surface area contributed by atoms with Gasteiger partial charge >= 0.3 is 0 Å². The molecule has 0 unspecified atom stereocenters. The van der Waals surface area contributed by atoms with Crippen molar-refractivity contribution >= 4 is 34.6 Å². The number of para-hydroxylation sites is 3. The predicted octanol–water partition coefficient (Wildman–Crippen LogP) is 6.88. The molecule has 5 aromatic rings. The second-order valence-electron chi connectivity index (χ2n) is 9.23. The Kier molecular flexibility index (Phi) is 4.82. The van der Waals surface area contributed by atoms with E-state index in [-0.39, 0.29) is 6.04 Å². The third kappa shape index (κ3) is 3.47. The Morgan fingerprint density at radius 3 is 2.38 bits per heavy atom. The van der Waals surface area contributed by atoms with Gasteiger partial charge in [-0.1, -0.05) is 48.0 Å². The maximum Gasteiger partial charge on any atom is 0.179 e. The quantitative estimate of drug-likeness (QED) is 0.303. The molecule has 7 nitrogen and oxygen atoms in total. The van der Waals surface area contributed by atoms with Gasteiger partial charge in [-0.25, -0.2) is 14.7 Å². The highest BCUT2D eigenvalue weighted by Crippen LogP contribution is 2.48. The van der Waals surface area contributed by atoms with Crippen LogP contribution in [0.15, 0.2) is 112 Å². The van der Waals surface area contributed by atoms with Gasteiger partial charge in [-0.2, -0.15) is 5.10 Å². The molecule has 3 aromatic carbocycles. The molecule has 2 aliphatic rings. The van der Waals surface area contributed by atoms with Crippen molar-refractivity contribution in [2.75, 3.05) is 10.2 Å². The summed E-state index contributed by atoms with van der Waals surface area (Å²) < 4.78 is 7.96. The van der Waals surface area contributed by atoms with Crippen LogP contribution >= 0.6 is 0 Å². The highest BCUT2D eigenvalue weighted by Gasteiger charge is 2.42. The Bertz CT molecular complexity index is 1660. The molecule has 7 heteroatoms. The summed E-state index contributed by atoms with van der Waals surface area (Å²) in [6.45, 7) is 4.11. The number of hydrogen-bond donors (Lipinski definition) is 1. The molecule has 1 N–H and O–H groups in total. The van der Waals surface area contributed by atoms with Crippen LogP contribution in [-0.4, -0.2) is 21.5 Å². The average molecular weight is 485 g/mol. The van der Waals surface area contributed by atoms with Gasteiger partial charge in [0, 0.05) is 5.69 Å². The van der Waals surface area contributed by atoms with Crippen LogP contribution in [0.2, 0.25) is 0 Å². The average Bonchev–Trinajstić information content (AvgIpc) is 3.57. The number of amidine groups is 2. The number of nitrogens with zero attached hydrogens (tertiary/aromatic N) is 5. The molecule has 1 atom stereocenters. The first-order valence-corrected chi connectivity index (χ1v) is 12.3. The maximum absolute atomic E-state index is 6.04. The number of anilines is 2. The third-order valence-corrected chi connectivity index (χ3v) is 6.77. The topological polar surface area (TPSA) is 71.0 Å². The molecule has 37 heavy (non-hydrogen) atoms. The maximum atomic E-state index is 6.04. The molecule has 2 aliphatic heterocycles. The van der Waals surface area contributed by atoms with E-state index in [0.29, 0.717) is 11.7 Å². The van der Waals surface area contributed by atoms with Gasteiger partial charge in [0.15, 0.2) is 17.5 Å². The van der Waals surface area contributed by atoms with Crippen molar-refractivity contribution < 1.29 is 4.42 Å². The summed E-state index contributed by atoms with van der Waals surface area (Å²) in [4.78, 5) is 12.5. The number of rotatable bonds is 3. The highest BCUT2D eigenvalue weighted by molar-refractivity contribution is 6.51. The fraction of sp³-hybridized carbons (Fsp3) is 0.100. The van der Waals surface area contributed by atoms with E-state index in [2.05, 4.69) is 47.5 Å². The van der Waals surface area contributed by atoms with Crippen molar-refractivity contribution in [1.82, 2.24) is 9.78 Å². The van der Waals surface area contributed by atoms with Crippen LogP contribution in [0.3, 0.4) is 0 Å². The number of aliphatic imine (C=N–C) groups is 2. The largest absolute Gasteiger partial charge is 0.467 e. The van der Waals surface area contributed by atoms with Crippen molar-refractivity contribution in [3.63, 3.8) is 0 Å². The van der Waals surface area contributed by atoms with Crippen LogP contribution in [-0.2, 0) is 0 Å². The summed E-state index contributed by atoms with van der Waals surface area (Å²) in [5.74, 6) is 2.97. The molecule has 0 bridgehead atoms. The lowest BCUT2D eigenvalue weighted by atomic mass is 9.98. The summed E-state index contributed by atoms with van der Waals surface area (Å²) in [5, 5.41) is 8.46. The van der Waals surface area contributed by atoms with Crippen LogP contribution in [0.1, 0.15) is 28.6 Å². The highest BCUT2D eigenvalue weighted by atomic mass is 16.3. The normalized spacial score (nSPS) is 15.8. The Labute approximate surface area is 214 Å². The first kappa shape index (κ1) is 21.4. The van der Waals surface area contributed by atoms with Gasteiger partial charge in [0.25, 0.3) is 0 Å². The molecule has 0 spiro atoms. The lowest BCUT2D eigenvalue weighted by Crippen LogP contribution is -2.46. The van der Waals surface area contributed by atoms with Crippen molar-refractivity contribution in [1.29, 1.82) is 0 Å². The van der Waals surface area contributed by atoms with Crippen LogP contribution in [0.4, 0.5) is 22.9 Å². The van der Waals surface area contributed by atoms with Gasteiger partial charge in [0.1, 0.15) is 11.8 Å². The molecule has 4 heterocycles. The Morgan fingerprint density at radius 2 is 1.59 bits per heavy atom. The summed E-state index contributed by atoms with van der Waals surface area (Å²) in [7, 11) is 0. The molecule has 0 saturated heterocycles. The fourth-order valence-electron chi connectivity index (χ4n) is 5.04. The molecular weight excluding hydrogens is 460 g/mol. The number of furan rings is 1. The van der Waals surface area contributed by atoms with Gasteiger partial charge in [-0.05, 0) is 62.4 Å². The van der Waals surface area contributed by atoms with Crippen LogP contribution in [0.25, 0.3) is 5.69 Å². The summed E-state index contributed by atoms with van der Waals surface area (Å²) in [6.07, 6.45) is 1.72. The smallest absolute Gasteiger partial charge is 0.179 e. The van der Waals surface area contributed by atoms with E-state index in [4.69, 9.17) is 19.5 Å². The van der Waals surface area contributed by atoms with Gasteiger partial charge in [0.2, 0.25) is 0 Å². The molecule has 180 valence electrons. The zero-order valence-electron chi connectivity index (χ0n) is 20.5. The second kappa shape index (κ2) is 8.34. The van der Waals surface area contributed by atoms with E-state index in [9.17, 15) is 0 Å². The standard InChI is InChI=1S/C30H24N6O/c1-19-14-16-22(17-15-19)36-29-26(20(2)34-36)27(25-13-8-18-37-25)35-24-12-7-6-11-23(24)32-28(30(35)33-29)31-21-9-4-3-5-10-21/h3-18,27H,1-2H3,(H,31,32)/t27-/m0/s1. The Balaban J connectivity index is 1.49. The number of hydrogen-bond acceptors (Lipinski definition) is 6. The monoisotopic (exact) mass is 484 g/mol. The van der Waals surface area contributed by atoms with Gasteiger partial charge < -0.3 is 14.6 Å². The number of aryl methyl sites for hydroxylation is 2. The first-order valence-electron chi connectivity index (χ1n) is 12.3. The molecule has 0 amide bonds. The lowest BCUT2D eigenvalue weighted by Gasteiger charge is -2.39. The van der Waals surface area contributed by atoms with E-state index in [0.717, 1.165) is 45.6 Å². The number of nitrogens with one attached hydrogen (secondary N) is 1. The number of benzene rings is 3. The Hall–Kier alpha value is -4.91. The zero-order chi connectivity index (χ0) is 24.9. The summed E-state index contributed by atoms with van der Waals surface area (Å²) in [6, 6.07) is 30.2. The fourth-order valence-corrected chi connectivity index (χ4v) is 5.04. The van der Waals surface area contributed by atoms with Crippen LogP contribution < -0.4 is 10.2 Å². The van der Waals surface area contributed by atoms with E-state index >= 15 is 0 Å². The lowest BCUT2D eigenvalue weighted by molar-refractivity contribution is 0.487.